The van der Waals surface area contributed by atoms with Crippen molar-refractivity contribution in [3.8, 4) is 5.69 Å². The largest absolute Gasteiger partial charge is 0.374 e. The van der Waals surface area contributed by atoms with Crippen LogP contribution in [0.25, 0.3) is 5.69 Å². The Bertz CT molecular complexity index is 1040. The maximum atomic E-state index is 12.5. The molecule has 0 bridgehead atoms. The molecule has 168 valence electrons. The summed E-state index contributed by atoms with van der Waals surface area (Å²) < 4.78 is 7.92. The van der Waals surface area contributed by atoms with E-state index in [1.165, 1.54) is 28.5 Å². The van der Waals surface area contributed by atoms with E-state index in [1.54, 1.807) is 6.20 Å². The topological polar surface area (TPSA) is 59.4 Å². The first-order valence-electron chi connectivity index (χ1n) is 11.0. The van der Waals surface area contributed by atoms with Crippen molar-refractivity contribution in [3.05, 3.63) is 77.6 Å². The molecule has 0 aliphatic carbocycles. The third-order valence-corrected chi connectivity index (χ3v) is 6.53. The molecule has 6 nitrogen and oxygen atoms in total. The van der Waals surface area contributed by atoms with Gasteiger partial charge in [-0.25, -0.2) is 4.98 Å². The molecule has 0 saturated carbocycles. The molecule has 2 heterocycles. The van der Waals surface area contributed by atoms with Gasteiger partial charge in [-0.05, 0) is 36.6 Å². The lowest BCUT2D eigenvalue weighted by Gasteiger charge is -2.33. The van der Waals surface area contributed by atoms with Gasteiger partial charge in [0.05, 0.1) is 24.2 Å². The first-order chi connectivity index (χ1) is 15.6. The summed E-state index contributed by atoms with van der Waals surface area (Å²) in [6.45, 7) is 8.02. The first kappa shape index (κ1) is 22.6. The summed E-state index contributed by atoms with van der Waals surface area (Å²) in [5.41, 5.74) is 4.77. The van der Waals surface area contributed by atoms with Crippen molar-refractivity contribution in [1.82, 2.24) is 19.8 Å². The monoisotopic (exact) mass is 450 g/mol. The fraction of sp³-hybridized carbons (Fsp3) is 0.360. The van der Waals surface area contributed by atoms with Crippen LogP contribution in [0.5, 0.6) is 0 Å². The molecule has 1 unspecified atom stereocenters. The van der Waals surface area contributed by atoms with Crippen molar-refractivity contribution in [1.29, 1.82) is 0 Å². The zero-order chi connectivity index (χ0) is 22.3. The van der Waals surface area contributed by atoms with Gasteiger partial charge < -0.3 is 10.1 Å². The van der Waals surface area contributed by atoms with Crippen LogP contribution in [-0.2, 0) is 16.1 Å². The minimum Gasteiger partial charge on any atom is -0.374 e. The highest BCUT2D eigenvalue weighted by molar-refractivity contribution is 7.99. The molecule has 4 rings (SSSR count). The molecule has 0 radical (unpaired) electrons. The molecule has 1 aliphatic rings. The van der Waals surface area contributed by atoms with Crippen LogP contribution < -0.4 is 5.32 Å². The van der Waals surface area contributed by atoms with E-state index in [0.29, 0.717) is 18.9 Å². The van der Waals surface area contributed by atoms with Gasteiger partial charge in [0, 0.05) is 38.6 Å². The van der Waals surface area contributed by atoms with E-state index >= 15 is 0 Å². The second-order valence-corrected chi connectivity index (χ2v) is 9.12. The number of hydrogen-bond acceptors (Lipinski definition) is 5. The number of imidazole rings is 1. The average Bonchev–Trinajstić information content (AvgIpc) is 3.27. The number of rotatable bonds is 8. The maximum absolute atomic E-state index is 12.5. The summed E-state index contributed by atoms with van der Waals surface area (Å²) in [5.74, 6) is 0.316. The normalized spacial score (nSPS) is 16.8. The Balaban J connectivity index is 1.25. The number of benzene rings is 2. The van der Waals surface area contributed by atoms with Gasteiger partial charge in [-0.1, -0.05) is 54.2 Å². The summed E-state index contributed by atoms with van der Waals surface area (Å²) in [7, 11) is 0. The van der Waals surface area contributed by atoms with Crippen molar-refractivity contribution < 1.29 is 9.53 Å². The zero-order valence-corrected chi connectivity index (χ0v) is 19.5. The van der Waals surface area contributed by atoms with Crippen LogP contribution in [0.4, 0.5) is 0 Å². The number of carbonyl (C=O) groups is 1. The number of nitrogens with zero attached hydrogens (tertiary/aromatic N) is 3. The molecule has 0 spiro atoms. The number of thioether (sulfide) groups is 1. The molecule has 1 fully saturated rings. The van der Waals surface area contributed by atoms with Crippen molar-refractivity contribution in [2.75, 3.05) is 32.0 Å². The van der Waals surface area contributed by atoms with Crippen molar-refractivity contribution >= 4 is 17.7 Å². The molecule has 1 N–H and O–H groups in total. The van der Waals surface area contributed by atoms with Gasteiger partial charge in [-0.2, -0.15) is 0 Å². The van der Waals surface area contributed by atoms with E-state index in [4.69, 9.17) is 4.74 Å². The lowest BCUT2D eigenvalue weighted by molar-refractivity contribution is -0.119. The summed E-state index contributed by atoms with van der Waals surface area (Å²) in [6.07, 6.45) is 3.73. The minimum atomic E-state index is -0.00528. The fourth-order valence-corrected chi connectivity index (χ4v) is 4.65. The molecule has 7 heteroatoms. The zero-order valence-electron chi connectivity index (χ0n) is 18.7. The molecule has 2 aromatic carbocycles. The van der Waals surface area contributed by atoms with Gasteiger partial charge in [0.15, 0.2) is 5.16 Å². The fourth-order valence-electron chi connectivity index (χ4n) is 3.86. The van der Waals surface area contributed by atoms with E-state index in [9.17, 15) is 4.79 Å². The molecular weight excluding hydrogens is 420 g/mol. The predicted octanol–water partition coefficient (Wildman–Crippen LogP) is 3.60. The quantitative estimate of drug-likeness (QED) is 0.532. The Morgan fingerprint density at radius 3 is 2.91 bits per heavy atom. The highest BCUT2D eigenvalue weighted by Gasteiger charge is 2.21. The number of aryl methyl sites for hydroxylation is 2. The van der Waals surface area contributed by atoms with Crippen LogP contribution in [0.3, 0.4) is 0 Å². The third-order valence-electron chi connectivity index (χ3n) is 5.56. The van der Waals surface area contributed by atoms with Crippen LogP contribution in [0, 0.1) is 13.8 Å². The van der Waals surface area contributed by atoms with Crippen molar-refractivity contribution in [2.45, 2.75) is 31.7 Å². The maximum Gasteiger partial charge on any atom is 0.230 e. The van der Waals surface area contributed by atoms with Crippen LogP contribution >= 0.6 is 11.8 Å². The molecule has 3 aromatic rings. The number of nitrogens with one attached hydrogen (secondary N) is 1. The second kappa shape index (κ2) is 10.8. The summed E-state index contributed by atoms with van der Waals surface area (Å²) in [5, 5.41) is 3.85. The minimum absolute atomic E-state index is 0.00528. The number of amides is 1. The van der Waals surface area contributed by atoms with Gasteiger partial charge in [0.1, 0.15) is 0 Å². The van der Waals surface area contributed by atoms with Crippen LogP contribution in [-0.4, -0.2) is 58.5 Å². The van der Waals surface area contributed by atoms with Gasteiger partial charge in [-0.3, -0.25) is 14.3 Å². The number of hydrogen-bond donors (Lipinski definition) is 1. The highest BCUT2D eigenvalue weighted by atomic mass is 32.2. The van der Waals surface area contributed by atoms with Crippen LogP contribution in [0.2, 0.25) is 0 Å². The third kappa shape index (κ3) is 6.00. The molecular formula is C25H30N4O2S. The van der Waals surface area contributed by atoms with E-state index in [0.717, 1.165) is 30.5 Å². The van der Waals surface area contributed by atoms with E-state index in [-0.39, 0.29) is 12.0 Å². The van der Waals surface area contributed by atoms with Gasteiger partial charge >= 0.3 is 0 Å². The smallest absolute Gasteiger partial charge is 0.230 e. The predicted molar refractivity (Wildman–Crippen MR) is 128 cm³/mol. The number of carbonyl (C=O) groups excluding carboxylic acids is 1. The van der Waals surface area contributed by atoms with Crippen LogP contribution in [0.15, 0.2) is 66.1 Å². The lowest BCUT2D eigenvalue weighted by Crippen LogP contribution is -2.47. The highest BCUT2D eigenvalue weighted by Crippen LogP contribution is 2.23. The Labute approximate surface area is 194 Å². The Hall–Kier alpha value is -2.61. The molecule has 32 heavy (non-hydrogen) atoms. The molecule has 1 atom stereocenters. The van der Waals surface area contributed by atoms with E-state index in [2.05, 4.69) is 71.5 Å². The number of morpholine rings is 1. The first-order valence-corrected chi connectivity index (χ1v) is 12.0. The average molecular weight is 451 g/mol. The molecule has 1 aromatic heterocycles. The van der Waals surface area contributed by atoms with Gasteiger partial charge in [0.25, 0.3) is 0 Å². The van der Waals surface area contributed by atoms with Crippen molar-refractivity contribution in [3.63, 3.8) is 0 Å². The molecule has 1 aliphatic heterocycles. The van der Waals surface area contributed by atoms with E-state index < -0.39 is 0 Å². The van der Waals surface area contributed by atoms with Crippen molar-refractivity contribution in [2.24, 2.45) is 0 Å². The lowest BCUT2D eigenvalue weighted by atomic mass is 10.1. The standard InChI is InChI=1S/C25H30N4O2S/c1-19-8-9-20(2)23(14-19)29-11-10-26-25(29)32-18-24(30)27-15-22-17-28(12-13-31-22)16-21-6-4-3-5-7-21/h3-11,14,22H,12-13,15-18H2,1-2H3,(H,27,30). The Morgan fingerprint density at radius 1 is 1.22 bits per heavy atom. The summed E-state index contributed by atoms with van der Waals surface area (Å²) >= 11 is 1.45. The molecule has 1 amide bonds. The number of aromatic nitrogens is 2. The summed E-state index contributed by atoms with van der Waals surface area (Å²) in [6, 6.07) is 16.8. The molecule has 1 saturated heterocycles. The van der Waals surface area contributed by atoms with Crippen LogP contribution in [0.1, 0.15) is 16.7 Å². The summed E-state index contributed by atoms with van der Waals surface area (Å²) in [4.78, 5) is 19.3. The Kier molecular flexibility index (Phi) is 7.63. The second-order valence-electron chi connectivity index (χ2n) is 8.18. The van der Waals surface area contributed by atoms with E-state index in [1.807, 2.05) is 16.8 Å². The van der Waals surface area contributed by atoms with Gasteiger partial charge in [0.2, 0.25) is 5.91 Å². The SMILES string of the molecule is Cc1ccc(C)c(-n2ccnc2SCC(=O)NCC2CN(Cc3ccccc3)CCO2)c1. The van der Waals surface area contributed by atoms with Gasteiger partial charge in [-0.15, -0.1) is 0 Å². The number of ether oxygens (including phenoxy) is 1. The Morgan fingerprint density at radius 2 is 2.06 bits per heavy atom.